The third kappa shape index (κ3) is 4.58. The molecule has 1 fully saturated rings. The normalized spacial score (nSPS) is 18.9. The van der Waals surface area contributed by atoms with Gasteiger partial charge >= 0.3 is 0 Å². The van der Waals surface area contributed by atoms with Gasteiger partial charge in [-0.05, 0) is 44.1 Å². The number of piperidine rings is 1. The molecule has 170 valence electrons. The highest BCUT2D eigenvalue weighted by Crippen LogP contribution is 2.39. The number of carbonyl (C=O) groups excluding carboxylic acids is 1. The first-order chi connectivity index (χ1) is 15.6. The van der Waals surface area contributed by atoms with Gasteiger partial charge in [0.1, 0.15) is 17.2 Å². The molecule has 2 aliphatic heterocycles. The lowest BCUT2D eigenvalue weighted by molar-refractivity contribution is -0.134. The maximum Gasteiger partial charge on any atom is 0.257 e. The predicted molar refractivity (Wildman–Crippen MR) is 124 cm³/mol. The summed E-state index contributed by atoms with van der Waals surface area (Å²) in [6.45, 7) is 2.30. The van der Waals surface area contributed by atoms with Crippen LogP contribution >= 0.6 is 0 Å². The molecule has 7 nitrogen and oxygen atoms in total. The minimum absolute atomic E-state index is 0.00489. The summed E-state index contributed by atoms with van der Waals surface area (Å²) in [6.07, 6.45) is 4.09. The topological polar surface area (TPSA) is 63.6 Å². The van der Waals surface area contributed by atoms with Crippen molar-refractivity contribution in [1.82, 2.24) is 9.91 Å². The van der Waals surface area contributed by atoms with E-state index in [0.717, 1.165) is 48.5 Å². The number of methoxy groups -OCH3 is 3. The molecule has 0 radical (unpaired) electrons. The number of para-hydroxylation sites is 1. The molecule has 0 spiro atoms. The molecule has 32 heavy (non-hydrogen) atoms. The summed E-state index contributed by atoms with van der Waals surface area (Å²) in [6, 6.07) is 13.3. The van der Waals surface area contributed by atoms with Crippen LogP contribution in [0.15, 0.2) is 47.6 Å². The van der Waals surface area contributed by atoms with E-state index in [9.17, 15) is 4.79 Å². The van der Waals surface area contributed by atoms with Crippen molar-refractivity contribution in [3.05, 3.63) is 53.6 Å². The number of nitrogens with zero attached hydrogens (tertiary/aromatic N) is 3. The van der Waals surface area contributed by atoms with Crippen LogP contribution in [0.2, 0.25) is 0 Å². The van der Waals surface area contributed by atoms with Gasteiger partial charge in [0, 0.05) is 23.6 Å². The van der Waals surface area contributed by atoms with E-state index in [2.05, 4.69) is 4.90 Å². The van der Waals surface area contributed by atoms with Crippen molar-refractivity contribution < 1.29 is 19.0 Å². The second-order valence-corrected chi connectivity index (χ2v) is 8.15. The molecule has 1 atom stereocenters. The first kappa shape index (κ1) is 22.1. The fraction of sp³-hybridized carbons (Fsp3) is 0.440. The zero-order valence-corrected chi connectivity index (χ0v) is 19.0. The van der Waals surface area contributed by atoms with Crippen LogP contribution in [0, 0.1) is 0 Å². The molecular weight excluding hydrogens is 406 g/mol. The molecule has 0 unspecified atom stereocenters. The minimum Gasteiger partial charge on any atom is -0.497 e. The zero-order valence-electron chi connectivity index (χ0n) is 19.0. The second kappa shape index (κ2) is 10.0. The van der Waals surface area contributed by atoms with E-state index in [0.29, 0.717) is 24.5 Å². The van der Waals surface area contributed by atoms with E-state index in [4.69, 9.17) is 19.3 Å². The maximum absolute atomic E-state index is 13.4. The van der Waals surface area contributed by atoms with Gasteiger partial charge in [-0.25, -0.2) is 5.01 Å². The number of hydrogen-bond donors (Lipinski definition) is 0. The molecule has 2 aliphatic rings. The molecule has 2 aromatic rings. The van der Waals surface area contributed by atoms with Gasteiger partial charge in [-0.2, -0.15) is 5.10 Å². The van der Waals surface area contributed by atoms with Crippen molar-refractivity contribution >= 4 is 11.6 Å². The van der Waals surface area contributed by atoms with Gasteiger partial charge in [0.2, 0.25) is 0 Å². The molecule has 0 aliphatic carbocycles. The van der Waals surface area contributed by atoms with E-state index in [-0.39, 0.29) is 11.9 Å². The number of rotatable bonds is 7. The largest absolute Gasteiger partial charge is 0.497 e. The molecule has 2 heterocycles. The van der Waals surface area contributed by atoms with Crippen molar-refractivity contribution in [3.63, 3.8) is 0 Å². The molecule has 1 saturated heterocycles. The Labute approximate surface area is 189 Å². The molecule has 1 amide bonds. The van der Waals surface area contributed by atoms with E-state index >= 15 is 0 Å². The van der Waals surface area contributed by atoms with Crippen molar-refractivity contribution in [2.24, 2.45) is 5.10 Å². The van der Waals surface area contributed by atoms with Crippen LogP contribution < -0.4 is 14.2 Å². The van der Waals surface area contributed by atoms with Gasteiger partial charge in [0.05, 0.1) is 39.6 Å². The predicted octanol–water partition coefficient (Wildman–Crippen LogP) is 3.88. The molecule has 0 N–H and O–H groups in total. The highest BCUT2D eigenvalue weighted by molar-refractivity contribution is 6.05. The van der Waals surface area contributed by atoms with Crippen molar-refractivity contribution in [3.8, 4) is 17.2 Å². The molecule has 4 rings (SSSR count). The van der Waals surface area contributed by atoms with Crippen LogP contribution in [0.5, 0.6) is 17.2 Å². The Bertz CT molecular complexity index is 985. The summed E-state index contributed by atoms with van der Waals surface area (Å²) in [5.41, 5.74) is 2.63. The lowest BCUT2D eigenvalue weighted by atomic mass is 9.97. The summed E-state index contributed by atoms with van der Waals surface area (Å²) in [4.78, 5) is 15.6. The van der Waals surface area contributed by atoms with Gasteiger partial charge < -0.3 is 14.2 Å². The van der Waals surface area contributed by atoms with Gasteiger partial charge in [-0.15, -0.1) is 0 Å². The van der Waals surface area contributed by atoms with E-state index in [1.165, 1.54) is 6.42 Å². The number of carbonyl (C=O) groups is 1. The average Bonchev–Trinajstić information content (AvgIpc) is 3.29. The third-order valence-corrected chi connectivity index (χ3v) is 6.19. The molecular formula is C25H31N3O4. The fourth-order valence-corrected chi connectivity index (χ4v) is 4.51. The van der Waals surface area contributed by atoms with Crippen molar-refractivity contribution in [2.45, 2.75) is 31.7 Å². The minimum atomic E-state index is -0.231. The number of likely N-dealkylation sites (tertiary alicyclic amines) is 1. The van der Waals surface area contributed by atoms with Crippen molar-refractivity contribution in [1.29, 1.82) is 0 Å². The maximum atomic E-state index is 13.4. The van der Waals surface area contributed by atoms with Gasteiger partial charge in [-0.1, -0.05) is 24.6 Å². The lowest BCUT2D eigenvalue weighted by Gasteiger charge is -2.29. The Morgan fingerprint density at radius 3 is 2.44 bits per heavy atom. The number of benzene rings is 2. The average molecular weight is 438 g/mol. The first-order valence-corrected chi connectivity index (χ1v) is 11.1. The highest BCUT2D eigenvalue weighted by Gasteiger charge is 2.36. The third-order valence-electron chi connectivity index (χ3n) is 6.19. The molecule has 0 bridgehead atoms. The smallest absolute Gasteiger partial charge is 0.257 e. The van der Waals surface area contributed by atoms with Crippen LogP contribution in [0.1, 0.15) is 42.9 Å². The monoisotopic (exact) mass is 437 g/mol. The summed E-state index contributed by atoms with van der Waals surface area (Å²) in [5.74, 6) is 2.15. The summed E-state index contributed by atoms with van der Waals surface area (Å²) in [5, 5.41) is 6.46. The Balaban J connectivity index is 1.68. The summed E-state index contributed by atoms with van der Waals surface area (Å²) >= 11 is 0. The number of amides is 1. The molecule has 2 aromatic carbocycles. The molecule has 0 aromatic heterocycles. The Morgan fingerprint density at radius 1 is 0.969 bits per heavy atom. The van der Waals surface area contributed by atoms with Crippen molar-refractivity contribution in [2.75, 3.05) is 41.0 Å². The van der Waals surface area contributed by atoms with Gasteiger partial charge in [-0.3, -0.25) is 9.69 Å². The van der Waals surface area contributed by atoms with Crippen LogP contribution in [0.3, 0.4) is 0 Å². The van der Waals surface area contributed by atoms with E-state index in [1.807, 2.05) is 42.5 Å². The summed E-state index contributed by atoms with van der Waals surface area (Å²) in [7, 11) is 4.91. The Hall–Kier alpha value is -3.06. The first-order valence-electron chi connectivity index (χ1n) is 11.1. The zero-order chi connectivity index (χ0) is 22.5. The number of ether oxygens (including phenoxy) is 3. The SMILES string of the molecule is COc1ccc(C2=NN(C(=O)CN3CCCCC3)[C@H](c3ccccc3OC)C2)c(OC)c1. The Kier molecular flexibility index (Phi) is 6.95. The van der Waals surface area contributed by atoms with Crippen LogP contribution in [-0.2, 0) is 4.79 Å². The fourth-order valence-electron chi connectivity index (χ4n) is 4.51. The Morgan fingerprint density at radius 2 is 1.72 bits per heavy atom. The lowest BCUT2D eigenvalue weighted by Crippen LogP contribution is -2.40. The van der Waals surface area contributed by atoms with E-state index in [1.54, 1.807) is 26.3 Å². The molecule has 0 saturated carbocycles. The van der Waals surface area contributed by atoms with Crippen LogP contribution in [0.4, 0.5) is 0 Å². The number of hydrazone groups is 1. The quantitative estimate of drug-likeness (QED) is 0.658. The highest BCUT2D eigenvalue weighted by atomic mass is 16.5. The van der Waals surface area contributed by atoms with Gasteiger partial charge in [0.15, 0.2) is 0 Å². The second-order valence-electron chi connectivity index (χ2n) is 8.15. The summed E-state index contributed by atoms with van der Waals surface area (Å²) < 4.78 is 16.6. The van der Waals surface area contributed by atoms with Crippen LogP contribution in [0.25, 0.3) is 0 Å². The van der Waals surface area contributed by atoms with Gasteiger partial charge in [0.25, 0.3) is 5.91 Å². The van der Waals surface area contributed by atoms with E-state index < -0.39 is 0 Å². The molecule has 7 heteroatoms. The number of hydrogen-bond acceptors (Lipinski definition) is 6. The van der Waals surface area contributed by atoms with Crippen LogP contribution in [-0.4, -0.2) is 62.5 Å². The standard InChI is InChI=1S/C25H31N3O4/c1-30-18-11-12-19(24(15-18)32-3)21-16-22(20-9-5-6-10-23(20)31-2)28(26-21)25(29)17-27-13-7-4-8-14-27/h5-6,9-12,15,22H,4,7-8,13-14,16-17H2,1-3H3/t22-/m0/s1.